The van der Waals surface area contributed by atoms with Crippen LogP contribution in [0.5, 0.6) is 0 Å². The maximum Gasteiger partial charge on any atom is 0.341 e. The molecule has 0 saturated heterocycles. The molecule has 1 aliphatic rings. The van der Waals surface area contributed by atoms with Crippen molar-refractivity contribution in [2.45, 2.75) is 44.4 Å². The number of rotatable bonds is 7. The molecular weight excluding hydrogens is 429 g/mol. The second-order valence-electron chi connectivity index (χ2n) is 7.35. The van der Waals surface area contributed by atoms with Gasteiger partial charge in [-0.1, -0.05) is 6.92 Å². The van der Waals surface area contributed by atoms with Crippen LogP contribution in [0.15, 0.2) is 29.2 Å². The van der Waals surface area contributed by atoms with E-state index < -0.39 is 33.3 Å². The summed E-state index contributed by atoms with van der Waals surface area (Å²) < 4.78 is 43.0. The number of hydrogen-bond donors (Lipinski definition) is 1. The number of carbonyl (C=O) groups excluding carboxylic acids is 2. The van der Waals surface area contributed by atoms with Crippen molar-refractivity contribution in [3.63, 3.8) is 0 Å². The van der Waals surface area contributed by atoms with Gasteiger partial charge in [0.15, 0.2) is 9.84 Å². The van der Waals surface area contributed by atoms with E-state index in [9.17, 15) is 22.4 Å². The summed E-state index contributed by atoms with van der Waals surface area (Å²) in [6.07, 6.45) is 2.26. The van der Waals surface area contributed by atoms with Crippen LogP contribution in [0.2, 0.25) is 0 Å². The molecule has 3 rings (SSSR count). The fraction of sp³-hybridized carbons (Fsp3) is 0.429. The summed E-state index contributed by atoms with van der Waals surface area (Å²) in [6, 6.07) is 4.48. The third-order valence-electron chi connectivity index (χ3n) is 5.01. The number of nitrogens with one attached hydrogen (secondary N) is 1. The predicted octanol–water partition coefficient (Wildman–Crippen LogP) is 3.99. The number of thiophene rings is 1. The van der Waals surface area contributed by atoms with Crippen LogP contribution in [0.3, 0.4) is 0 Å². The Hall–Kier alpha value is -2.26. The van der Waals surface area contributed by atoms with Crippen molar-refractivity contribution >= 4 is 38.1 Å². The summed E-state index contributed by atoms with van der Waals surface area (Å²) in [7, 11) is -3.72. The molecule has 1 aliphatic carbocycles. The number of benzene rings is 1. The van der Waals surface area contributed by atoms with Crippen LogP contribution >= 0.6 is 11.3 Å². The standard InChI is InChI=1S/C21H24FNO5S2/c1-3-28-21(25)19-16-9-4-13(2)12-17(16)29-20(19)23-18(24)10-11-30(26,27)15-7-5-14(22)6-8-15/h5-8,13H,3-4,9-12H2,1-2H3,(H,23,24). The first-order valence-electron chi connectivity index (χ1n) is 9.81. The highest BCUT2D eigenvalue weighted by atomic mass is 32.2. The lowest BCUT2D eigenvalue weighted by Gasteiger charge is -2.18. The van der Waals surface area contributed by atoms with Gasteiger partial charge in [-0.25, -0.2) is 17.6 Å². The molecule has 0 radical (unpaired) electrons. The Bertz CT molecular complexity index is 1040. The van der Waals surface area contributed by atoms with E-state index in [0.29, 0.717) is 16.5 Å². The quantitative estimate of drug-likeness (QED) is 0.506. The Morgan fingerprint density at radius 2 is 1.97 bits per heavy atom. The van der Waals surface area contributed by atoms with Crippen LogP contribution in [0.25, 0.3) is 0 Å². The molecule has 162 valence electrons. The van der Waals surface area contributed by atoms with E-state index in [1.807, 2.05) is 0 Å². The van der Waals surface area contributed by atoms with E-state index in [1.54, 1.807) is 6.92 Å². The number of halogens is 1. The smallest absolute Gasteiger partial charge is 0.341 e. The van der Waals surface area contributed by atoms with Crippen molar-refractivity contribution in [2.75, 3.05) is 17.7 Å². The second-order valence-corrected chi connectivity index (χ2v) is 10.6. The van der Waals surface area contributed by atoms with Crippen molar-refractivity contribution in [1.82, 2.24) is 0 Å². The highest BCUT2D eigenvalue weighted by molar-refractivity contribution is 7.91. The van der Waals surface area contributed by atoms with Gasteiger partial charge in [0, 0.05) is 11.3 Å². The molecule has 0 spiro atoms. The molecule has 9 heteroatoms. The third kappa shape index (κ3) is 5.07. The first-order valence-corrected chi connectivity index (χ1v) is 12.3. The zero-order chi connectivity index (χ0) is 21.9. The van der Waals surface area contributed by atoms with E-state index in [-0.39, 0.29) is 17.9 Å². The van der Waals surface area contributed by atoms with Gasteiger partial charge in [0.25, 0.3) is 0 Å². The minimum absolute atomic E-state index is 0.0375. The first-order chi connectivity index (χ1) is 14.2. The number of hydrogen-bond acceptors (Lipinski definition) is 6. The van der Waals surface area contributed by atoms with Crippen molar-refractivity contribution < 1.29 is 27.1 Å². The van der Waals surface area contributed by atoms with Crippen LogP contribution in [-0.2, 0) is 32.2 Å². The van der Waals surface area contributed by atoms with E-state index >= 15 is 0 Å². The maximum atomic E-state index is 13.0. The van der Waals surface area contributed by atoms with Gasteiger partial charge in [-0.15, -0.1) is 11.3 Å². The summed E-state index contributed by atoms with van der Waals surface area (Å²) in [5.74, 6) is -1.43. The van der Waals surface area contributed by atoms with Gasteiger partial charge in [0.2, 0.25) is 5.91 Å². The van der Waals surface area contributed by atoms with Crippen molar-refractivity contribution in [3.05, 3.63) is 46.1 Å². The van der Waals surface area contributed by atoms with Crippen LogP contribution < -0.4 is 5.32 Å². The lowest BCUT2D eigenvalue weighted by atomic mass is 9.88. The van der Waals surface area contributed by atoms with Gasteiger partial charge in [-0.05, 0) is 61.9 Å². The molecule has 1 atom stereocenters. The Labute approximate surface area is 179 Å². The zero-order valence-corrected chi connectivity index (χ0v) is 18.5. The van der Waals surface area contributed by atoms with Gasteiger partial charge in [0.05, 0.1) is 22.8 Å². The molecule has 1 N–H and O–H groups in total. The maximum absolute atomic E-state index is 13.0. The van der Waals surface area contributed by atoms with Crippen LogP contribution in [0, 0.1) is 11.7 Å². The Morgan fingerprint density at radius 1 is 1.27 bits per heavy atom. The van der Waals surface area contributed by atoms with Gasteiger partial charge in [0.1, 0.15) is 10.8 Å². The minimum atomic E-state index is -3.72. The van der Waals surface area contributed by atoms with Crippen molar-refractivity contribution in [3.8, 4) is 0 Å². The van der Waals surface area contributed by atoms with Crippen molar-refractivity contribution in [1.29, 1.82) is 0 Å². The molecule has 1 aromatic heterocycles. The first kappa shape index (κ1) is 22.4. The molecular formula is C21H24FNO5S2. The summed E-state index contributed by atoms with van der Waals surface area (Å²) in [5, 5.41) is 3.12. The molecule has 1 heterocycles. The van der Waals surface area contributed by atoms with E-state index in [0.717, 1.165) is 41.8 Å². The molecule has 1 unspecified atom stereocenters. The summed E-state index contributed by atoms with van der Waals surface area (Å²) in [4.78, 5) is 26.0. The van der Waals surface area contributed by atoms with Crippen LogP contribution in [0.4, 0.5) is 9.39 Å². The number of esters is 1. The monoisotopic (exact) mass is 453 g/mol. The molecule has 1 aromatic carbocycles. The van der Waals surface area contributed by atoms with Gasteiger partial charge in [-0.3, -0.25) is 4.79 Å². The fourth-order valence-electron chi connectivity index (χ4n) is 3.43. The van der Waals surface area contributed by atoms with Crippen LogP contribution in [-0.4, -0.2) is 32.7 Å². The van der Waals surface area contributed by atoms with Crippen LogP contribution in [0.1, 0.15) is 47.5 Å². The zero-order valence-electron chi connectivity index (χ0n) is 16.9. The molecule has 2 aromatic rings. The average molecular weight is 454 g/mol. The largest absolute Gasteiger partial charge is 0.462 e. The Morgan fingerprint density at radius 3 is 2.63 bits per heavy atom. The number of anilines is 1. The number of amides is 1. The molecule has 30 heavy (non-hydrogen) atoms. The Balaban J connectivity index is 1.74. The Kier molecular flexibility index (Phi) is 6.92. The fourth-order valence-corrected chi connectivity index (χ4v) is 6.09. The number of fused-ring (bicyclic) bond motifs is 1. The predicted molar refractivity (Wildman–Crippen MR) is 113 cm³/mol. The summed E-state index contributed by atoms with van der Waals surface area (Å²) in [5.41, 5.74) is 1.31. The molecule has 0 saturated carbocycles. The lowest BCUT2D eigenvalue weighted by Crippen LogP contribution is -2.19. The molecule has 6 nitrogen and oxygen atoms in total. The second kappa shape index (κ2) is 9.26. The summed E-state index contributed by atoms with van der Waals surface area (Å²) >= 11 is 1.36. The van der Waals surface area contributed by atoms with Gasteiger partial charge in [-0.2, -0.15) is 0 Å². The van der Waals surface area contributed by atoms with Gasteiger partial charge < -0.3 is 10.1 Å². The van der Waals surface area contributed by atoms with Gasteiger partial charge >= 0.3 is 5.97 Å². The molecule has 0 bridgehead atoms. The highest BCUT2D eigenvalue weighted by Crippen LogP contribution is 2.40. The highest BCUT2D eigenvalue weighted by Gasteiger charge is 2.29. The lowest BCUT2D eigenvalue weighted by molar-refractivity contribution is -0.115. The SMILES string of the molecule is CCOC(=O)c1c(NC(=O)CCS(=O)(=O)c2ccc(F)cc2)sc2c1CCC(C)C2. The third-order valence-corrected chi connectivity index (χ3v) is 7.92. The molecule has 1 amide bonds. The average Bonchev–Trinajstić information content (AvgIpc) is 3.03. The number of ether oxygens (including phenoxy) is 1. The van der Waals surface area contributed by atoms with Crippen molar-refractivity contribution in [2.24, 2.45) is 5.92 Å². The van der Waals surface area contributed by atoms with E-state index in [2.05, 4.69) is 12.2 Å². The molecule has 0 fully saturated rings. The molecule has 0 aliphatic heterocycles. The minimum Gasteiger partial charge on any atom is -0.462 e. The number of carbonyl (C=O) groups is 2. The topological polar surface area (TPSA) is 89.5 Å². The van der Waals surface area contributed by atoms with E-state index in [4.69, 9.17) is 4.74 Å². The van der Waals surface area contributed by atoms with E-state index in [1.165, 1.54) is 23.5 Å². The number of sulfone groups is 1. The summed E-state index contributed by atoms with van der Waals surface area (Å²) in [6.45, 7) is 4.09. The normalized spacial score (nSPS) is 16.0.